The van der Waals surface area contributed by atoms with Crippen LogP contribution in [0.5, 0.6) is 17.2 Å². The van der Waals surface area contributed by atoms with Crippen molar-refractivity contribution < 1.29 is 28.6 Å². The number of nitrogens with zero attached hydrogens (tertiary/aromatic N) is 1. The smallest absolute Gasteiger partial charge is 0.335 e. The Balaban J connectivity index is 1.60. The molecule has 1 aliphatic heterocycles. The molecule has 9 heteroatoms. The molecule has 4 amide bonds. The van der Waals surface area contributed by atoms with E-state index in [0.29, 0.717) is 40.1 Å². The highest BCUT2D eigenvalue weighted by atomic mass is 35.5. The summed E-state index contributed by atoms with van der Waals surface area (Å²) in [6.45, 7) is 2.50. The van der Waals surface area contributed by atoms with Gasteiger partial charge in [0.25, 0.3) is 11.8 Å². The average Bonchev–Trinajstić information content (AvgIpc) is 2.86. The summed E-state index contributed by atoms with van der Waals surface area (Å²) < 4.78 is 16.8. The summed E-state index contributed by atoms with van der Waals surface area (Å²) in [5, 5.41) is 2.82. The van der Waals surface area contributed by atoms with E-state index < -0.39 is 17.8 Å². The molecular weight excluding hydrogens is 484 g/mol. The zero-order valence-electron chi connectivity index (χ0n) is 19.6. The van der Waals surface area contributed by atoms with E-state index >= 15 is 0 Å². The largest absolute Gasteiger partial charge is 0.497 e. The molecule has 3 aromatic carbocycles. The third-order valence-corrected chi connectivity index (χ3v) is 5.53. The molecule has 0 spiro atoms. The Morgan fingerprint density at radius 1 is 0.944 bits per heavy atom. The number of carbonyl (C=O) groups is 3. The maximum Gasteiger partial charge on any atom is 0.335 e. The Kier molecular flexibility index (Phi) is 7.56. The van der Waals surface area contributed by atoms with Crippen LogP contribution in [0, 0.1) is 0 Å². The summed E-state index contributed by atoms with van der Waals surface area (Å²) in [6, 6.07) is 17.9. The first-order chi connectivity index (χ1) is 17.4. The topological polar surface area (TPSA) is 94.2 Å². The van der Waals surface area contributed by atoms with Crippen molar-refractivity contribution in [3.05, 3.63) is 88.5 Å². The Morgan fingerprint density at radius 3 is 2.42 bits per heavy atom. The molecule has 1 fully saturated rings. The Morgan fingerprint density at radius 2 is 1.72 bits per heavy atom. The highest BCUT2D eigenvalue weighted by molar-refractivity contribution is 6.39. The van der Waals surface area contributed by atoms with Gasteiger partial charge in [0.1, 0.15) is 17.9 Å². The van der Waals surface area contributed by atoms with Crippen LogP contribution in [0.4, 0.5) is 10.5 Å². The lowest BCUT2D eigenvalue weighted by atomic mass is 10.1. The lowest BCUT2D eigenvalue weighted by molar-refractivity contribution is -0.122. The Hall–Kier alpha value is -4.30. The first kappa shape index (κ1) is 24.8. The van der Waals surface area contributed by atoms with Crippen molar-refractivity contribution >= 4 is 41.2 Å². The van der Waals surface area contributed by atoms with Crippen LogP contribution in [-0.4, -0.2) is 31.6 Å². The fraction of sp³-hybridized carbons (Fsp3) is 0.148. The van der Waals surface area contributed by atoms with Gasteiger partial charge in [-0.3, -0.25) is 14.9 Å². The molecule has 4 rings (SSSR count). The minimum Gasteiger partial charge on any atom is -0.497 e. The maximum absolute atomic E-state index is 13.1. The van der Waals surface area contributed by atoms with Gasteiger partial charge in [-0.05, 0) is 72.7 Å². The van der Waals surface area contributed by atoms with E-state index in [9.17, 15) is 14.4 Å². The molecule has 1 heterocycles. The number of methoxy groups -OCH3 is 1. The Bertz CT molecular complexity index is 1340. The SMILES string of the molecule is CCOc1cc(/C=C2\C(=O)NC(=O)N(c3ccc(OC)cc3)C2=O)ccc1OCc1cccc(Cl)c1. The summed E-state index contributed by atoms with van der Waals surface area (Å²) >= 11 is 6.04. The molecule has 0 atom stereocenters. The molecule has 1 aliphatic rings. The molecule has 0 radical (unpaired) electrons. The van der Waals surface area contributed by atoms with E-state index in [1.54, 1.807) is 48.5 Å². The molecule has 3 aromatic rings. The third kappa shape index (κ3) is 5.50. The van der Waals surface area contributed by atoms with Crippen molar-refractivity contribution in [3.8, 4) is 17.2 Å². The third-order valence-electron chi connectivity index (χ3n) is 5.29. The van der Waals surface area contributed by atoms with E-state index in [4.69, 9.17) is 25.8 Å². The lowest BCUT2D eigenvalue weighted by Crippen LogP contribution is -2.54. The summed E-state index contributed by atoms with van der Waals surface area (Å²) in [7, 11) is 1.51. The van der Waals surface area contributed by atoms with Crippen LogP contribution in [0.3, 0.4) is 0 Å². The first-order valence-corrected chi connectivity index (χ1v) is 11.5. The standard InChI is InChI=1S/C27H23ClN2O6/c1-3-35-24-15-17(7-12-23(24)36-16-18-5-4-6-19(28)13-18)14-22-25(31)29-27(33)30(26(22)32)20-8-10-21(34-2)11-9-20/h4-15H,3,16H2,1-2H3,(H,29,31,33)/b22-14+. The number of carbonyl (C=O) groups excluding carboxylic acids is 3. The molecule has 0 aliphatic carbocycles. The number of ether oxygens (including phenoxy) is 3. The molecule has 0 saturated carbocycles. The fourth-order valence-corrected chi connectivity index (χ4v) is 3.79. The number of amides is 4. The van der Waals surface area contributed by atoms with Crippen LogP contribution < -0.4 is 24.4 Å². The number of benzene rings is 3. The van der Waals surface area contributed by atoms with E-state index in [0.717, 1.165) is 10.5 Å². The van der Waals surface area contributed by atoms with Gasteiger partial charge in [-0.1, -0.05) is 29.8 Å². The van der Waals surface area contributed by atoms with Crippen LogP contribution in [-0.2, 0) is 16.2 Å². The second kappa shape index (κ2) is 11.0. The molecule has 0 aromatic heterocycles. The van der Waals surface area contributed by atoms with E-state index in [1.807, 2.05) is 25.1 Å². The van der Waals surface area contributed by atoms with Gasteiger partial charge in [-0.15, -0.1) is 0 Å². The average molecular weight is 507 g/mol. The summed E-state index contributed by atoms with van der Waals surface area (Å²) in [5.74, 6) is -0.0205. The van der Waals surface area contributed by atoms with Gasteiger partial charge in [0.05, 0.1) is 19.4 Å². The van der Waals surface area contributed by atoms with Crippen molar-refractivity contribution in [1.29, 1.82) is 0 Å². The van der Waals surface area contributed by atoms with Gasteiger partial charge >= 0.3 is 6.03 Å². The summed E-state index contributed by atoms with van der Waals surface area (Å²) in [5.41, 5.74) is 1.52. The van der Waals surface area contributed by atoms with Gasteiger partial charge in [0, 0.05) is 5.02 Å². The summed E-state index contributed by atoms with van der Waals surface area (Å²) in [4.78, 5) is 39.0. The number of imide groups is 2. The van der Waals surface area contributed by atoms with Crippen LogP contribution >= 0.6 is 11.6 Å². The van der Waals surface area contributed by atoms with Crippen molar-refractivity contribution in [2.75, 3.05) is 18.6 Å². The van der Waals surface area contributed by atoms with E-state index in [2.05, 4.69) is 5.32 Å². The second-order valence-corrected chi connectivity index (χ2v) is 8.15. The number of halogens is 1. The van der Waals surface area contributed by atoms with Crippen molar-refractivity contribution in [2.24, 2.45) is 0 Å². The highest BCUT2D eigenvalue weighted by Crippen LogP contribution is 2.31. The predicted octanol–water partition coefficient (Wildman–Crippen LogP) is 4.99. The van der Waals surface area contributed by atoms with Crippen molar-refractivity contribution in [2.45, 2.75) is 13.5 Å². The Labute approximate surface area is 213 Å². The minimum absolute atomic E-state index is 0.194. The molecule has 1 N–H and O–H groups in total. The van der Waals surface area contributed by atoms with Gasteiger partial charge in [-0.25, -0.2) is 9.69 Å². The number of nitrogens with one attached hydrogen (secondary N) is 1. The monoisotopic (exact) mass is 506 g/mol. The fourth-order valence-electron chi connectivity index (χ4n) is 3.58. The van der Waals surface area contributed by atoms with Crippen LogP contribution in [0.25, 0.3) is 6.08 Å². The number of hydrogen-bond acceptors (Lipinski definition) is 6. The minimum atomic E-state index is -0.827. The molecule has 8 nitrogen and oxygen atoms in total. The molecule has 0 unspecified atom stereocenters. The number of rotatable bonds is 8. The highest BCUT2D eigenvalue weighted by Gasteiger charge is 2.36. The molecule has 1 saturated heterocycles. The predicted molar refractivity (Wildman–Crippen MR) is 135 cm³/mol. The number of barbiturate groups is 1. The van der Waals surface area contributed by atoms with E-state index in [-0.39, 0.29) is 12.2 Å². The number of urea groups is 1. The van der Waals surface area contributed by atoms with Gasteiger partial charge in [0.15, 0.2) is 11.5 Å². The molecule has 0 bridgehead atoms. The molecule has 184 valence electrons. The van der Waals surface area contributed by atoms with Gasteiger partial charge in [0.2, 0.25) is 0 Å². The van der Waals surface area contributed by atoms with Crippen LogP contribution in [0.2, 0.25) is 5.02 Å². The molecular formula is C27H23ClN2O6. The molecule has 36 heavy (non-hydrogen) atoms. The second-order valence-electron chi connectivity index (χ2n) is 7.71. The number of hydrogen-bond donors (Lipinski definition) is 1. The van der Waals surface area contributed by atoms with Crippen LogP contribution in [0.1, 0.15) is 18.1 Å². The maximum atomic E-state index is 13.1. The van der Waals surface area contributed by atoms with Crippen LogP contribution in [0.15, 0.2) is 72.3 Å². The first-order valence-electron chi connectivity index (χ1n) is 11.1. The van der Waals surface area contributed by atoms with Gasteiger partial charge in [-0.2, -0.15) is 0 Å². The van der Waals surface area contributed by atoms with Crippen molar-refractivity contribution in [1.82, 2.24) is 5.32 Å². The van der Waals surface area contributed by atoms with E-state index in [1.165, 1.54) is 13.2 Å². The number of anilines is 1. The lowest BCUT2D eigenvalue weighted by Gasteiger charge is -2.26. The normalized spacial score (nSPS) is 14.6. The zero-order valence-corrected chi connectivity index (χ0v) is 20.4. The van der Waals surface area contributed by atoms with Crippen molar-refractivity contribution in [3.63, 3.8) is 0 Å². The zero-order chi connectivity index (χ0) is 25.7. The van der Waals surface area contributed by atoms with Gasteiger partial charge < -0.3 is 14.2 Å². The quantitative estimate of drug-likeness (QED) is 0.341. The summed E-state index contributed by atoms with van der Waals surface area (Å²) in [6.07, 6.45) is 1.41.